The van der Waals surface area contributed by atoms with E-state index in [0.29, 0.717) is 16.7 Å². The molecule has 0 aliphatic carbocycles. The number of hydrogen-bond acceptors (Lipinski definition) is 2. The lowest BCUT2D eigenvalue weighted by molar-refractivity contribution is -0.132. The molecule has 1 saturated heterocycles. The number of nitrogens with zero attached hydrogens (tertiary/aromatic N) is 1. The van der Waals surface area contributed by atoms with E-state index in [2.05, 4.69) is 29.4 Å². The van der Waals surface area contributed by atoms with Crippen molar-refractivity contribution in [2.24, 2.45) is 0 Å². The van der Waals surface area contributed by atoms with Crippen LogP contribution in [0.3, 0.4) is 0 Å². The zero-order valence-corrected chi connectivity index (χ0v) is 14.5. The van der Waals surface area contributed by atoms with Crippen LogP contribution in [-0.4, -0.2) is 35.5 Å². The zero-order chi connectivity index (χ0) is 17.2. The molecule has 25 heavy (non-hydrogen) atoms. The molecule has 3 aromatic rings. The maximum Gasteiger partial charge on any atom is 0.260 e. The van der Waals surface area contributed by atoms with Gasteiger partial charge in [0.05, 0.1) is 0 Å². The maximum atomic E-state index is 12.4. The van der Waals surface area contributed by atoms with E-state index in [1.165, 1.54) is 10.9 Å². The highest BCUT2D eigenvalue weighted by atomic mass is 35.5. The van der Waals surface area contributed by atoms with Crippen LogP contribution in [0.25, 0.3) is 10.9 Å². The fourth-order valence-corrected chi connectivity index (χ4v) is 3.57. The molecule has 1 atom stereocenters. The highest BCUT2D eigenvalue weighted by Gasteiger charge is 2.28. The van der Waals surface area contributed by atoms with Gasteiger partial charge in [0.1, 0.15) is 5.75 Å². The first kappa shape index (κ1) is 16.0. The third kappa shape index (κ3) is 3.35. The molecule has 1 aliphatic rings. The van der Waals surface area contributed by atoms with Crippen LogP contribution in [0.1, 0.15) is 17.9 Å². The first-order chi connectivity index (χ1) is 12.2. The number of ether oxygens (including phenoxy) is 1. The number of nitrogens with one attached hydrogen (secondary N) is 1. The number of rotatable bonds is 4. The van der Waals surface area contributed by atoms with Crippen molar-refractivity contribution in [1.82, 2.24) is 9.88 Å². The molecule has 0 spiro atoms. The van der Waals surface area contributed by atoms with Crippen LogP contribution >= 0.6 is 11.6 Å². The molecule has 0 bridgehead atoms. The molecule has 128 valence electrons. The van der Waals surface area contributed by atoms with Gasteiger partial charge < -0.3 is 14.6 Å². The van der Waals surface area contributed by atoms with Crippen molar-refractivity contribution in [3.05, 3.63) is 65.3 Å². The Hall–Kier alpha value is -2.46. The number of carbonyl (C=O) groups excluding carboxylic acids is 1. The van der Waals surface area contributed by atoms with Gasteiger partial charge >= 0.3 is 0 Å². The van der Waals surface area contributed by atoms with E-state index in [4.69, 9.17) is 16.3 Å². The van der Waals surface area contributed by atoms with Crippen LogP contribution < -0.4 is 4.74 Å². The van der Waals surface area contributed by atoms with E-state index in [-0.39, 0.29) is 12.5 Å². The summed E-state index contributed by atoms with van der Waals surface area (Å²) in [4.78, 5) is 17.6. The maximum absolute atomic E-state index is 12.4. The zero-order valence-electron chi connectivity index (χ0n) is 13.7. The first-order valence-corrected chi connectivity index (χ1v) is 8.80. The van der Waals surface area contributed by atoms with Crippen molar-refractivity contribution >= 4 is 28.4 Å². The first-order valence-electron chi connectivity index (χ1n) is 8.43. The van der Waals surface area contributed by atoms with Gasteiger partial charge in [-0.05, 0) is 42.3 Å². The molecule has 1 unspecified atom stereocenters. The number of para-hydroxylation sites is 1. The Bertz CT molecular complexity index is 888. The number of halogens is 1. The molecule has 1 aliphatic heterocycles. The van der Waals surface area contributed by atoms with Crippen molar-refractivity contribution in [3.63, 3.8) is 0 Å². The van der Waals surface area contributed by atoms with Gasteiger partial charge in [0.2, 0.25) is 0 Å². The molecule has 1 fully saturated rings. The number of benzene rings is 2. The predicted molar refractivity (Wildman–Crippen MR) is 99.2 cm³/mol. The summed E-state index contributed by atoms with van der Waals surface area (Å²) in [5.74, 6) is 1.05. The summed E-state index contributed by atoms with van der Waals surface area (Å²) < 4.78 is 5.58. The minimum Gasteiger partial charge on any atom is -0.484 e. The third-order valence-corrected chi connectivity index (χ3v) is 5.03. The number of likely N-dealkylation sites (tertiary alicyclic amines) is 1. The summed E-state index contributed by atoms with van der Waals surface area (Å²) in [6.45, 7) is 1.57. The van der Waals surface area contributed by atoms with Crippen molar-refractivity contribution in [2.45, 2.75) is 12.3 Å². The highest BCUT2D eigenvalue weighted by Crippen LogP contribution is 2.32. The van der Waals surface area contributed by atoms with Gasteiger partial charge in [-0.2, -0.15) is 0 Å². The average molecular weight is 355 g/mol. The lowest BCUT2D eigenvalue weighted by atomic mass is 9.98. The number of hydrogen-bond donors (Lipinski definition) is 1. The van der Waals surface area contributed by atoms with Crippen molar-refractivity contribution in [3.8, 4) is 5.75 Å². The molecule has 2 aromatic carbocycles. The minimum absolute atomic E-state index is 0.0253. The van der Waals surface area contributed by atoms with E-state index >= 15 is 0 Å². The van der Waals surface area contributed by atoms with E-state index in [1.807, 2.05) is 11.0 Å². The molecule has 2 heterocycles. The Labute approximate surface area is 151 Å². The minimum atomic E-state index is 0.0253. The smallest absolute Gasteiger partial charge is 0.260 e. The molecular weight excluding hydrogens is 336 g/mol. The molecule has 5 heteroatoms. The SMILES string of the molecule is O=C(COc1ccc(Cl)cc1)N1CCC(c2c[nH]c3ccccc23)C1. The Morgan fingerprint density at radius 3 is 2.84 bits per heavy atom. The monoisotopic (exact) mass is 354 g/mol. The van der Waals surface area contributed by atoms with E-state index in [9.17, 15) is 4.79 Å². The summed E-state index contributed by atoms with van der Waals surface area (Å²) in [6.07, 6.45) is 3.06. The summed E-state index contributed by atoms with van der Waals surface area (Å²) in [6, 6.07) is 15.3. The molecule has 0 saturated carbocycles. The van der Waals surface area contributed by atoms with Crippen LogP contribution in [0.4, 0.5) is 0 Å². The molecule has 1 amide bonds. The average Bonchev–Trinajstić information content (AvgIpc) is 3.27. The number of fused-ring (bicyclic) bond motifs is 1. The van der Waals surface area contributed by atoms with Gasteiger partial charge in [-0.15, -0.1) is 0 Å². The van der Waals surface area contributed by atoms with Crippen molar-refractivity contribution in [2.75, 3.05) is 19.7 Å². The quantitative estimate of drug-likeness (QED) is 0.762. The number of aromatic nitrogens is 1. The molecule has 0 radical (unpaired) electrons. The van der Waals surface area contributed by atoms with Gasteiger partial charge in [-0.3, -0.25) is 4.79 Å². The Balaban J connectivity index is 1.38. The lowest BCUT2D eigenvalue weighted by Gasteiger charge is -2.17. The summed E-state index contributed by atoms with van der Waals surface area (Å²) in [7, 11) is 0. The second-order valence-corrected chi connectivity index (χ2v) is 6.79. The molecule has 1 N–H and O–H groups in total. The molecular formula is C20H19ClN2O2. The second-order valence-electron chi connectivity index (χ2n) is 6.36. The van der Waals surface area contributed by atoms with Gasteiger partial charge in [0.25, 0.3) is 5.91 Å². The Morgan fingerprint density at radius 2 is 2.00 bits per heavy atom. The molecule has 4 rings (SSSR count). The third-order valence-electron chi connectivity index (χ3n) is 4.78. The van der Waals surface area contributed by atoms with Crippen LogP contribution in [0.15, 0.2) is 54.7 Å². The predicted octanol–water partition coefficient (Wildman–Crippen LogP) is 4.22. The van der Waals surface area contributed by atoms with Gasteiger partial charge in [0.15, 0.2) is 6.61 Å². The molecule has 4 nitrogen and oxygen atoms in total. The summed E-state index contributed by atoms with van der Waals surface area (Å²) >= 11 is 5.85. The lowest BCUT2D eigenvalue weighted by Crippen LogP contribution is -2.32. The van der Waals surface area contributed by atoms with E-state index in [0.717, 1.165) is 25.0 Å². The van der Waals surface area contributed by atoms with Gasteiger partial charge in [-0.25, -0.2) is 0 Å². The van der Waals surface area contributed by atoms with Crippen LogP contribution in [0, 0.1) is 0 Å². The number of aromatic amines is 1. The topological polar surface area (TPSA) is 45.3 Å². The van der Waals surface area contributed by atoms with Gasteiger partial charge in [0, 0.05) is 41.1 Å². The van der Waals surface area contributed by atoms with Crippen molar-refractivity contribution in [1.29, 1.82) is 0 Å². The van der Waals surface area contributed by atoms with E-state index < -0.39 is 0 Å². The van der Waals surface area contributed by atoms with Gasteiger partial charge in [-0.1, -0.05) is 29.8 Å². The van der Waals surface area contributed by atoms with E-state index in [1.54, 1.807) is 24.3 Å². The normalized spacial score (nSPS) is 17.2. The standard InChI is InChI=1S/C20H19ClN2O2/c21-15-5-7-16(8-6-15)25-13-20(24)23-10-9-14(12-23)18-11-22-19-4-2-1-3-17(18)19/h1-8,11,14,22H,9-10,12-13H2. The highest BCUT2D eigenvalue weighted by molar-refractivity contribution is 6.30. The second kappa shape index (κ2) is 6.81. The molecule has 1 aromatic heterocycles. The number of amides is 1. The number of carbonyl (C=O) groups is 1. The Morgan fingerprint density at radius 1 is 1.20 bits per heavy atom. The summed E-state index contributed by atoms with van der Waals surface area (Å²) in [5, 5.41) is 1.90. The van der Waals surface area contributed by atoms with Crippen molar-refractivity contribution < 1.29 is 9.53 Å². The number of H-pyrrole nitrogens is 1. The van der Waals surface area contributed by atoms with Crippen LogP contribution in [-0.2, 0) is 4.79 Å². The largest absolute Gasteiger partial charge is 0.484 e. The fourth-order valence-electron chi connectivity index (χ4n) is 3.44. The Kier molecular flexibility index (Phi) is 4.36. The fraction of sp³-hybridized carbons (Fsp3) is 0.250. The van der Waals surface area contributed by atoms with Crippen LogP contribution in [0.2, 0.25) is 5.02 Å². The van der Waals surface area contributed by atoms with Crippen LogP contribution in [0.5, 0.6) is 5.75 Å². The summed E-state index contributed by atoms with van der Waals surface area (Å²) in [5.41, 5.74) is 2.44.